The van der Waals surface area contributed by atoms with Gasteiger partial charge in [-0.2, -0.15) is 0 Å². The zero-order valence-corrected chi connectivity index (χ0v) is 14.4. The van der Waals surface area contributed by atoms with Crippen LogP contribution in [0.25, 0.3) is 11.0 Å². The fourth-order valence-corrected chi connectivity index (χ4v) is 2.77. The number of para-hydroxylation sites is 1. The maximum absolute atomic E-state index is 12.2. The summed E-state index contributed by atoms with van der Waals surface area (Å²) in [5.41, 5.74) is 1.52. The zero-order valence-electron chi connectivity index (χ0n) is 14.4. The van der Waals surface area contributed by atoms with Gasteiger partial charge in [0.15, 0.2) is 0 Å². The molecule has 0 aliphatic heterocycles. The largest absolute Gasteiger partial charge is 0.497 e. The van der Waals surface area contributed by atoms with Crippen molar-refractivity contribution < 1.29 is 24.0 Å². The molecule has 0 saturated carbocycles. The molecule has 0 aliphatic carbocycles. The quantitative estimate of drug-likeness (QED) is 0.563. The third-order valence-electron chi connectivity index (χ3n) is 4.13. The molecule has 3 aromatic rings. The number of methoxy groups -OCH3 is 1. The molecule has 1 amide bonds. The number of ether oxygens (including phenoxy) is 1. The van der Waals surface area contributed by atoms with Crippen LogP contribution in [0, 0.1) is 0 Å². The van der Waals surface area contributed by atoms with E-state index in [4.69, 9.17) is 9.15 Å². The molecule has 6 nitrogen and oxygen atoms in total. The van der Waals surface area contributed by atoms with Gasteiger partial charge < -0.3 is 24.5 Å². The van der Waals surface area contributed by atoms with Gasteiger partial charge >= 0.3 is 7.12 Å². The number of nitrogens with one attached hydrogen (secondary N) is 1. The van der Waals surface area contributed by atoms with Crippen molar-refractivity contribution in [1.29, 1.82) is 0 Å². The predicted molar refractivity (Wildman–Crippen MR) is 98.7 cm³/mol. The Kier molecular flexibility index (Phi) is 5.60. The van der Waals surface area contributed by atoms with Crippen molar-refractivity contribution in [2.24, 2.45) is 0 Å². The molecule has 0 fully saturated rings. The van der Waals surface area contributed by atoms with E-state index in [1.165, 1.54) is 0 Å². The number of carbonyl (C=O) groups is 1. The molecule has 0 spiro atoms. The lowest BCUT2D eigenvalue weighted by molar-refractivity contribution is -0.120. The molecule has 1 aromatic heterocycles. The monoisotopic (exact) mass is 353 g/mol. The van der Waals surface area contributed by atoms with Crippen molar-refractivity contribution in [3.8, 4) is 5.75 Å². The van der Waals surface area contributed by atoms with Gasteiger partial charge in [-0.05, 0) is 29.8 Å². The highest BCUT2D eigenvalue weighted by atomic mass is 16.5. The van der Waals surface area contributed by atoms with Crippen molar-refractivity contribution in [1.82, 2.24) is 5.32 Å². The lowest BCUT2D eigenvalue weighted by Crippen LogP contribution is -2.48. The van der Waals surface area contributed by atoms with Crippen LogP contribution in [0.1, 0.15) is 11.3 Å². The molecule has 1 unspecified atom stereocenters. The second-order valence-corrected chi connectivity index (χ2v) is 6.07. The van der Waals surface area contributed by atoms with Crippen molar-refractivity contribution in [3.05, 3.63) is 65.9 Å². The minimum Gasteiger partial charge on any atom is -0.497 e. The maximum atomic E-state index is 12.2. The number of fused-ring (bicyclic) bond motifs is 1. The first-order valence-corrected chi connectivity index (χ1v) is 8.31. The van der Waals surface area contributed by atoms with E-state index in [0.29, 0.717) is 11.5 Å². The van der Waals surface area contributed by atoms with Gasteiger partial charge in [-0.1, -0.05) is 30.3 Å². The van der Waals surface area contributed by atoms with Gasteiger partial charge in [0.1, 0.15) is 17.1 Å². The van der Waals surface area contributed by atoms with Crippen LogP contribution in [0.3, 0.4) is 0 Å². The first-order chi connectivity index (χ1) is 12.5. The maximum Gasteiger partial charge on any atom is 0.475 e. The van der Waals surface area contributed by atoms with E-state index >= 15 is 0 Å². The third kappa shape index (κ3) is 4.44. The number of rotatable bonds is 7. The SMILES string of the molecule is COc1ccc(CC(=O)NC(Cc2cc3ccccc3o2)B(O)O)cc1. The molecular formula is C19H20BNO5. The van der Waals surface area contributed by atoms with E-state index in [9.17, 15) is 14.8 Å². The van der Waals surface area contributed by atoms with E-state index in [0.717, 1.165) is 16.5 Å². The first kappa shape index (κ1) is 18.0. The predicted octanol–water partition coefficient (Wildman–Crippen LogP) is 1.72. The highest BCUT2D eigenvalue weighted by molar-refractivity contribution is 6.43. The zero-order chi connectivity index (χ0) is 18.5. The highest BCUT2D eigenvalue weighted by Gasteiger charge is 2.27. The van der Waals surface area contributed by atoms with E-state index in [1.54, 1.807) is 31.4 Å². The average Bonchev–Trinajstić information content (AvgIpc) is 3.04. The van der Waals surface area contributed by atoms with Crippen molar-refractivity contribution in [2.45, 2.75) is 18.8 Å². The second kappa shape index (κ2) is 8.08. The van der Waals surface area contributed by atoms with Crippen molar-refractivity contribution >= 4 is 24.0 Å². The van der Waals surface area contributed by atoms with Gasteiger partial charge in [0.25, 0.3) is 0 Å². The van der Waals surface area contributed by atoms with Crippen LogP contribution < -0.4 is 10.1 Å². The molecule has 0 saturated heterocycles. The summed E-state index contributed by atoms with van der Waals surface area (Å²) in [6.07, 6.45) is 0.314. The first-order valence-electron chi connectivity index (χ1n) is 8.31. The number of hydrogen-bond acceptors (Lipinski definition) is 5. The minimum absolute atomic E-state index is 0.132. The molecule has 1 heterocycles. The number of furan rings is 1. The Morgan fingerprint density at radius 3 is 2.58 bits per heavy atom. The van der Waals surface area contributed by atoms with Gasteiger partial charge in [0, 0.05) is 11.8 Å². The van der Waals surface area contributed by atoms with Crippen LogP contribution in [0.5, 0.6) is 5.75 Å². The summed E-state index contributed by atoms with van der Waals surface area (Å²) in [5, 5.41) is 22.8. The normalized spacial score (nSPS) is 12.0. The lowest BCUT2D eigenvalue weighted by atomic mass is 9.77. The second-order valence-electron chi connectivity index (χ2n) is 6.07. The smallest absolute Gasteiger partial charge is 0.475 e. The molecule has 3 N–H and O–H groups in total. The minimum atomic E-state index is -1.69. The fourth-order valence-electron chi connectivity index (χ4n) is 2.77. The third-order valence-corrected chi connectivity index (χ3v) is 4.13. The molecule has 0 radical (unpaired) electrons. The molecule has 0 aliphatic rings. The van der Waals surface area contributed by atoms with E-state index < -0.39 is 13.1 Å². The molecule has 2 aromatic carbocycles. The van der Waals surface area contributed by atoms with Gasteiger partial charge in [-0.25, -0.2) is 0 Å². The van der Waals surface area contributed by atoms with Crippen LogP contribution in [0.2, 0.25) is 0 Å². The van der Waals surface area contributed by atoms with Crippen LogP contribution in [-0.4, -0.2) is 36.1 Å². The van der Waals surface area contributed by atoms with Crippen LogP contribution >= 0.6 is 0 Å². The van der Waals surface area contributed by atoms with Gasteiger partial charge in [-0.3, -0.25) is 4.79 Å². The Morgan fingerprint density at radius 1 is 1.19 bits per heavy atom. The number of benzene rings is 2. The molecule has 7 heteroatoms. The Balaban J connectivity index is 1.64. The topological polar surface area (TPSA) is 91.9 Å². The summed E-state index contributed by atoms with van der Waals surface area (Å²) in [7, 11) is -0.115. The summed E-state index contributed by atoms with van der Waals surface area (Å²) >= 11 is 0. The van der Waals surface area contributed by atoms with E-state index in [2.05, 4.69) is 5.32 Å². The molecule has 3 rings (SSSR count). The lowest BCUT2D eigenvalue weighted by Gasteiger charge is -2.16. The fraction of sp³-hybridized carbons (Fsp3) is 0.211. The van der Waals surface area contributed by atoms with Gasteiger partial charge in [-0.15, -0.1) is 0 Å². The summed E-state index contributed by atoms with van der Waals surface area (Å²) in [6, 6.07) is 16.5. The summed E-state index contributed by atoms with van der Waals surface area (Å²) in [4.78, 5) is 12.2. The standard InChI is InChI=1S/C19H20BNO5/c1-25-15-8-6-13(7-9-15)10-19(22)21-18(20(23)24)12-16-11-14-4-2-3-5-17(14)26-16/h2-9,11,18,23-24H,10,12H2,1H3,(H,21,22). The molecule has 134 valence electrons. The van der Waals surface area contributed by atoms with E-state index in [1.807, 2.05) is 30.3 Å². The number of hydrogen-bond donors (Lipinski definition) is 3. The number of amides is 1. The molecular weight excluding hydrogens is 333 g/mol. The Bertz CT molecular complexity index is 842. The van der Waals surface area contributed by atoms with Crippen molar-refractivity contribution in [3.63, 3.8) is 0 Å². The van der Waals surface area contributed by atoms with Crippen molar-refractivity contribution in [2.75, 3.05) is 7.11 Å². The molecule has 1 atom stereocenters. The van der Waals surface area contributed by atoms with Crippen LogP contribution in [0.15, 0.2) is 59.0 Å². The summed E-state index contributed by atoms with van der Waals surface area (Å²) < 4.78 is 10.8. The summed E-state index contributed by atoms with van der Waals surface area (Å²) in [6.45, 7) is 0. The van der Waals surface area contributed by atoms with Crippen LogP contribution in [-0.2, 0) is 17.6 Å². The molecule has 0 bridgehead atoms. The average molecular weight is 353 g/mol. The number of carbonyl (C=O) groups excluding carboxylic acids is 1. The van der Waals surface area contributed by atoms with Gasteiger partial charge in [0.05, 0.1) is 19.5 Å². The summed E-state index contributed by atoms with van der Waals surface area (Å²) in [5.74, 6) is 0.127. The Hall–Kier alpha value is -2.77. The van der Waals surface area contributed by atoms with E-state index in [-0.39, 0.29) is 18.7 Å². The molecule has 26 heavy (non-hydrogen) atoms. The van der Waals surface area contributed by atoms with Gasteiger partial charge in [0.2, 0.25) is 5.91 Å². The Morgan fingerprint density at radius 2 is 1.92 bits per heavy atom. The highest BCUT2D eigenvalue weighted by Crippen LogP contribution is 2.20. The van der Waals surface area contributed by atoms with Crippen LogP contribution in [0.4, 0.5) is 0 Å². The Labute approximate surface area is 151 Å².